The third-order valence-electron chi connectivity index (χ3n) is 12.0. The quantitative estimate of drug-likeness (QED) is 0.110. The van der Waals surface area contributed by atoms with Gasteiger partial charge in [0.05, 0.1) is 43.2 Å². The Balaban J connectivity index is 1.01. The zero-order chi connectivity index (χ0) is 40.9. The predicted octanol–water partition coefficient (Wildman–Crippen LogP) is 6.96. The van der Waals surface area contributed by atoms with Crippen molar-refractivity contribution < 1.29 is 28.7 Å². The molecule has 2 bridgehead atoms. The van der Waals surface area contributed by atoms with E-state index in [1.807, 2.05) is 49.8 Å². The molecule has 8 rings (SSSR count). The third kappa shape index (κ3) is 6.94. The summed E-state index contributed by atoms with van der Waals surface area (Å²) in [5, 5.41) is 7.60. The minimum Gasteiger partial charge on any atom is -0.453 e. The lowest BCUT2D eigenvalue weighted by Crippen LogP contribution is -2.56. The summed E-state index contributed by atoms with van der Waals surface area (Å²) in [5.41, 5.74) is 6.21. The van der Waals surface area contributed by atoms with Crippen LogP contribution in [0.25, 0.3) is 44.2 Å². The van der Waals surface area contributed by atoms with Gasteiger partial charge in [0.25, 0.3) is 0 Å². The van der Waals surface area contributed by atoms with Crippen LogP contribution in [-0.4, -0.2) is 93.1 Å². The van der Waals surface area contributed by atoms with Crippen molar-refractivity contribution >= 4 is 45.8 Å². The Morgan fingerprint density at radius 3 is 2.14 bits per heavy atom. The standard InChI is InChI=1S/C44H50N8O6/c1-24(2)36(49-42(55)57-5)39(53)51-17-7-8-35(51)38-46-32-14-13-30(20-33(32)47-38)28-9-10-29-19-31(12-11-27(29)18-28)34-22-45-41(48-34)44-16-15-26(21-44)23-52(44)40(54)37(25(3)4)50-43(56)58-6/h9-15,18-20,22,24-25,35-37H,7-8,16-17,21,23H2,1-6H3,(H,45,48)(H,46,47)(H,49,55)(H,50,56)/t35-,36-,37-,44?/m0/s1. The molecule has 4 atom stereocenters. The molecule has 1 aliphatic carbocycles. The number of likely N-dealkylation sites (tertiary alicyclic amines) is 2. The van der Waals surface area contributed by atoms with Crippen molar-refractivity contribution in [3.05, 3.63) is 84.1 Å². The Kier molecular flexibility index (Phi) is 10.2. The minimum absolute atomic E-state index is 0.111. The molecule has 302 valence electrons. The number of aromatic nitrogens is 4. The van der Waals surface area contributed by atoms with Crippen molar-refractivity contribution in [3.8, 4) is 22.4 Å². The van der Waals surface area contributed by atoms with Crippen LogP contribution in [0.2, 0.25) is 0 Å². The van der Waals surface area contributed by atoms with Gasteiger partial charge < -0.3 is 39.9 Å². The van der Waals surface area contributed by atoms with Crippen LogP contribution in [0, 0.1) is 11.8 Å². The Morgan fingerprint density at radius 2 is 1.47 bits per heavy atom. The van der Waals surface area contributed by atoms with Crippen LogP contribution in [0.1, 0.15) is 71.1 Å². The number of hydrogen-bond acceptors (Lipinski definition) is 8. The van der Waals surface area contributed by atoms with Crippen molar-refractivity contribution in [1.29, 1.82) is 0 Å². The van der Waals surface area contributed by atoms with Crippen LogP contribution >= 0.6 is 0 Å². The molecular weight excluding hydrogens is 737 g/mol. The first-order valence-corrected chi connectivity index (χ1v) is 20.0. The topological polar surface area (TPSA) is 175 Å². The summed E-state index contributed by atoms with van der Waals surface area (Å²) < 4.78 is 9.59. The van der Waals surface area contributed by atoms with Crippen molar-refractivity contribution in [2.24, 2.45) is 11.8 Å². The highest BCUT2D eigenvalue weighted by atomic mass is 16.5. The Morgan fingerprint density at radius 1 is 0.828 bits per heavy atom. The van der Waals surface area contributed by atoms with E-state index < -0.39 is 29.8 Å². The van der Waals surface area contributed by atoms with Crippen molar-refractivity contribution in [1.82, 2.24) is 40.4 Å². The number of ether oxygens (including phenoxy) is 2. The molecule has 3 aromatic carbocycles. The maximum Gasteiger partial charge on any atom is 0.407 e. The van der Waals surface area contributed by atoms with Crippen LogP contribution in [0.4, 0.5) is 9.59 Å². The molecule has 14 heteroatoms. The van der Waals surface area contributed by atoms with E-state index in [9.17, 15) is 19.2 Å². The van der Waals surface area contributed by atoms with Gasteiger partial charge in [0, 0.05) is 25.1 Å². The van der Waals surface area contributed by atoms with E-state index in [4.69, 9.17) is 19.4 Å². The number of H-pyrrole nitrogens is 2. The molecule has 1 unspecified atom stereocenters. The summed E-state index contributed by atoms with van der Waals surface area (Å²) >= 11 is 0. The second-order valence-corrected chi connectivity index (χ2v) is 16.4. The highest BCUT2D eigenvalue weighted by molar-refractivity contribution is 5.92. The second-order valence-electron chi connectivity index (χ2n) is 16.4. The lowest BCUT2D eigenvalue weighted by atomic mass is 9.93. The lowest BCUT2D eigenvalue weighted by molar-refractivity contribution is -0.139. The van der Waals surface area contributed by atoms with E-state index in [-0.39, 0.29) is 29.7 Å². The summed E-state index contributed by atoms with van der Waals surface area (Å²) in [4.78, 5) is 72.2. The lowest BCUT2D eigenvalue weighted by Gasteiger charge is -2.39. The van der Waals surface area contributed by atoms with Gasteiger partial charge in [-0.2, -0.15) is 0 Å². The van der Waals surface area contributed by atoms with E-state index in [0.717, 1.165) is 68.7 Å². The first-order chi connectivity index (χ1) is 27.9. The van der Waals surface area contributed by atoms with Crippen LogP contribution in [0.5, 0.6) is 0 Å². The van der Waals surface area contributed by atoms with Crippen LogP contribution in [-0.2, 0) is 24.6 Å². The number of fused-ring (bicyclic) bond motifs is 4. The summed E-state index contributed by atoms with van der Waals surface area (Å²) in [6, 6.07) is 17.3. The molecule has 0 radical (unpaired) electrons. The van der Waals surface area contributed by atoms with Gasteiger partial charge in [-0.3, -0.25) is 9.59 Å². The van der Waals surface area contributed by atoms with Gasteiger partial charge in [-0.15, -0.1) is 0 Å². The molecule has 4 heterocycles. The number of rotatable bonds is 10. The zero-order valence-electron chi connectivity index (χ0n) is 33.7. The fourth-order valence-electron chi connectivity index (χ4n) is 8.83. The fraction of sp³-hybridized carbons (Fsp3) is 0.409. The van der Waals surface area contributed by atoms with Gasteiger partial charge in [-0.05, 0) is 77.3 Å². The first kappa shape index (κ1) is 38.7. The average molecular weight is 787 g/mol. The first-order valence-electron chi connectivity index (χ1n) is 20.0. The molecular formula is C44H50N8O6. The summed E-state index contributed by atoms with van der Waals surface area (Å²) in [5.74, 6) is 0.944. The Bertz CT molecular complexity index is 2450. The number of imidazole rings is 2. The number of aromatic amines is 2. The summed E-state index contributed by atoms with van der Waals surface area (Å²) in [6.07, 6.45) is 5.76. The molecule has 58 heavy (non-hydrogen) atoms. The van der Waals surface area contributed by atoms with Crippen LogP contribution in [0.3, 0.4) is 0 Å². The van der Waals surface area contributed by atoms with Crippen LogP contribution < -0.4 is 10.6 Å². The van der Waals surface area contributed by atoms with Gasteiger partial charge in [-0.1, -0.05) is 69.7 Å². The van der Waals surface area contributed by atoms with E-state index in [1.54, 1.807) is 0 Å². The van der Waals surface area contributed by atoms with Gasteiger partial charge in [0.15, 0.2) is 0 Å². The molecule has 2 aromatic heterocycles. The van der Waals surface area contributed by atoms with Crippen molar-refractivity contribution in [2.45, 2.75) is 77.0 Å². The number of methoxy groups -OCH3 is 2. The molecule has 5 aromatic rings. The molecule has 4 amide bonds. The smallest absolute Gasteiger partial charge is 0.407 e. The number of alkyl carbamates (subject to hydrolysis) is 2. The highest BCUT2D eigenvalue weighted by Crippen LogP contribution is 2.49. The Labute approximate surface area is 336 Å². The molecule has 3 aliphatic rings. The number of hydrogen-bond donors (Lipinski definition) is 4. The molecule has 2 saturated heterocycles. The SMILES string of the molecule is COC(=O)N[C@H](C(=O)N1CCC[C@H]1c1nc2ccc(-c3ccc4cc(-c5cnc(C67CC=C(CN6C(=O)[C@@H](NC(=O)OC)C(C)C)C7)[nH]5)ccc4c3)cc2[nH]1)C(C)C. The molecule has 0 spiro atoms. The molecule has 0 saturated carbocycles. The maximum atomic E-state index is 13.9. The second kappa shape index (κ2) is 15.3. The molecule has 4 N–H and O–H groups in total. The third-order valence-corrected chi connectivity index (χ3v) is 12.0. The minimum atomic E-state index is -0.718. The van der Waals surface area contributed by atoms with Gasteiger partial charge in [0.2, 0.25) is 11.8 Å². The number of nitrogens with one attached hydrogen (secondary N) is 4. The zero-order valence-corrected chi connectivity index (χ0v) is 33.7. The van der Waals surface area contributed by atoms with E-state index in [2.05, 4.69) is 75.2 Å². The van der Waals surface area contributed by atoms with E-state index in [1.165, 1.54) is 19.8 Å². The fourth-order valence-corrected chi connectivity index (χ4v) is 8.83. The van der Waals surface area contributed by atoms with E-state index >= 15 is 0 Å². The monoisotopic (exact) mass is 786 g/mol. The summed E-state index contributed by atoms with van der Waals surface area (Å²) in [6.45, 7) is 8.73. The number of carbonyl (C=O) groups is 4. The number of benzene rings is 3. The van der Waals surface area contributed by atoms with Gasteiger partial charge in [0.1, 0.15) is 29.3 Å². The number of carbonyl (C=O) groups excluding carboxylic acids is 4. The Hall–Kier alpha value is -6.18. The highest BCUT2D eigenvalue weighted by Gasteiger charge is 2.53. The number of amides is 4. The maximum absolute atomic E-state index is 13.9. The number of nitrogens with zero attached hydrogens (tertiary/aromatic N) is 4. The average Bonchev–Trinajstić information content (AvgIpc) is 4.08. The normalized spacial score (nSPS) is 19.9. The van der Waals surface area contributed by atoms with Crippen molar-refractivity contribution in [3.63, 3.8) is 0 Å². The van der Waals surface area contributed by atoms with Gasteiger partial charge >= 0.3 is 12.2 Å². The van der Waals surface area contributed by atoms with Gasteiger partial charge in [-0.25, -0.2) is 19.6 Å². The molecule has 2 aliphatic heterocycles. The largest absolute Gasteiger partial charge is 0.453 e. The molecule has 2 fully saturated rings. The van der Waals surface area contributed by atoms with Crippen molar-refractivity contribution in [2.75, 3.05) is 27.3 Å². The summed E-state index contributed by atoms with van der Waals surface area (Å²) in [7, 11) is 2.59. The molecule has 14 nitrogen and oxygen atoms in total. The van der Waals surface area contributed by atoms with Crippen LogP contribution in [0.15, 0.2) is 72.4 Å². The van der Waals surface area contributed by atoms with E-state index in [0.29, 0.717) is 25.9 Å². The predicted molar refractivity (Wildman–Crippen MR) is 219 cm³/mol.